The van der Waals surface area contributed by atoms with Crippen molar-refractivity contribution in [1.82, 2.24) is 15.0 Å². The lowest BCUT2D eigenvalue weighted by Crippen LogP contribution is -2.21. The van der Waals surface area contributed by atoms with Crippen LogP contribution in [0.25, 0.3) is 11.0 Å². The smallest absolute Gasteiger partial charge is 0.250 e. The van der Waals surface area contributed by atoms with Crippen molar-refractivity contribution in [2.75, 3.05) is 23.7 Å². The second kappa shape index (κ2) is 10.1. The third-order valence-corrected chi connectivity index (χ3v) is 5.67. The summed E-state index contributed by atoms with van der Waals surface area (Å²) >= 11 is 1.42. The average molecular weight is 410 g/mol. The van der Waals surface area contributed by atoms with E-state index in [9.17, 15) is 4.79 Å². The van der Waals surface area contributed by atoms with Crippen LogP contribution in [-0.4, -0.2) is 40.5 Å². The normalized spacial score (nSPS) is 11.3. The fraction of sp³-hybridized carbons (Fsp3) is 0.318. The molecule has 0 unspecified atom stereocenters. The standard InChI is InChI=1S/C22H27N5OS/c1-4-26(5-2)18-13-11-17(12-14-18)15-23-25-21(28)16-29-22-24-19-9-7-8-10-20(19)27(22)6-3/h7-15H,4-6,16H2,1-3H3,(H,25,28)/b23-15-. The Bertz CT molecular complexity index is 977. The molecule has 0 aliphatic carbocycles. The third-order valence-electron chi connectivity index (χ3n) is 4.69. The average Bonchev–Trinajstić information content (AvgIpc) is 3.11. The van der Waals surface area contributed by atoms with Gasteiger partial charge in [-0.05, 0) is 50.6 Å². The van der Waals surface area contributed by atoms with E-state index in [0.29, 0.717) is 0 Å². The maximum absolute atomic E-state index is 12.2. The van der Waals surface area contributed by atoms with Gasteiger partial charge in [0, 0.05) is 25.3 Å². The predicted octanol–water partition coefficient (Wildman–Crippen LogP) is 4.14. The zero-order valence-corrected chi connectivity index (χ0v) is 17.9. The first kappa shape index (κ1) is 20.9. The Morgan fingerprint density at radius 2 is 1.86 bits per heavy atom. The molecule has 0 aliphatic rings. The van der Waals surface area contributed by atoms with E-state index in [1.807, 2.05) is 36.4 Å². The highest BCUT2D eigenvalue weighted by Gasteiger charge is 2.11. The first-order chi connectivity index (χ1) is 14.2. The Labute approximate surface area is 176 Å². The molecule has 7 heteroatoms. The topological polar surface area (TPSA) is 62.5 Å². The van der Waals surface area contributed by atoms with Crippen molar-refractivity contribution >= 4 is 40.6 Å². The van der Waals surface area contributed by atoms with Gasteiger partial charge in [0.2, 0.25) is 0 Å². The molecule has 0 fully saturated rings. The number of aromatic nitrogens is 2. The number of imidazole rings is 1. The molecule has 6 nitrogen and oxygen atoms in total. The Morgan fingerprint density at radius 3 is 2.55 bits per heavy atom. The molecule has 1 N–H and O–H groups in total. The van der Waals surface area contributed by atoms with Gasteiger partial charge < -0.3 is 9.47 Å². The minimum Gasteiger partial charge on any atom is -0.372 e. The van der Waals surface area contributed by atoms with Crippen molar-refractivity contribution in [2.45, 2.75) is 32.5 Å². The van der Waals surface area contributed by atoms with Gasteiger partial charge >= 0.3 is 0 Å². The summed E-state index contributed by atoms with van der Waals surface area (Å²) in [5, 5.41) is 4.92. The Morgan fingerprint density at radius 1 is 1.14 bits per heavy atom. The van der Waals surface area contributed by atoms with Crippen LogP contribution >= 0.6 is 11.8 Å². The summed E-state index contributed by atoms with van der Waals surface area (Å²) in [6, 6.07) is 16.2. The molecule has 0 atom stereocenters. The van der Waals surface area contributed by atoms with Gasteiger partial charge in [0.1, 0.15) is 0 Å². The second-order valence-electron chi connectivity index (χ2n) is 6.47. The van der Waals surface area contributed by atoms with Gasteiger partial charge in [-0.25, -0.2) is 10.4 Å². The van der Waals surface area contributed by atoms with Crippen LogP contribution in [0.1, 0.15) is 26.3 Å². The van der Waals surface area contributed by atoms with Gasteiger partial charge in [0.15, 0.2) is 5.16 Å². The lowest BCUT2D eigenvalue weighted by atomic mass is 10.2. The summed E-state index contributed by atoms with van der Waals surface area (Å²) in [6.07, 6.45) is 1.66. The van der Waals surface area contributed by atoms with Crippen molar-refractivity contribution in [3.8, 4) is 0 Å². The van der Waals surface area contributed by atoms with Gasteiger partial charge in [-0.1, -0.05) is 36.0 Å². The number of benzene rings is 2. The molecular formula is C22H27N5OS. The highest BCUT2D eigenvalue weighted by molar-refractivity contribution is 7.99. The van der Waals surface area contributed by atoms with Crippen LogP contribution in [0.4, 0.5) is 5.69 Å². The largest absolute Gasteiger partial charge is 0.372 e. The summed E-state index contributed by atoms with van der Waals surface area (Å²) in [5.74, 6) is 0.113. The molecule has 0 spiro atoms. The molecule has 1 heterocycles. The minimum atomic E-state index is -0.152. The number of amides is 1. The number of nitrogens with one attached hydrogen (secondary N) is 1. The van der Waals surface area contributed by atoms with E-state index in [1.165, 1.54) is 17.4 Å². The second-order valence-corrected chi connectivity index (χ2v) is 7.42. The van der Waals surface area contributed by atoms with Crippen molar-refractivity contribution in [3.63, 3.8) is 0 Å². The molecule has 29 heavy (non-hydrogen) atoms. The summed E-state index contributed by atoms with van der Waals surface area (Å²) in [7, 11) is 0. The molecule has 3 rings (SSSR count). The molecule has 3 aromatic rings. The van der Waals surface area contributed by atoms with E-state index < -0.39 is 0 Å². The van der Waals surface area contributed by atoms with Gasteiger partial charge in [-0.2, -0.15) is 5.10 Å². The molecule has 1 aromatic heterocycles. The quantitative estimate of drug-likeness (QED) is 0.328. The monoisotopic (exact) mass is 409 g/mol. The summed E-state index contributed by atoms with van der Waals surface area (Å²) in [6.45, 7) is 9.12. The lowest BCUT2D eigenvalue weighted by Gasteiger charge is -2.20. The van der Waals surface area contributed by atoms with E-state index in [1.54, 1.807) is 6.21 Å². The molecule has 0 bridgehead atoms. The van der Waals surface area contributed by atoms with Crippen molar-refractivity contribution in [2.24, 2.45) is 5.10 Å². The van der Waals surface area contributed by atoms with E-state index in [0.717, 1.165) is 41.4 Å². The van der Waals surface area contributed by atoms with E-state index in [4.69, 9.17) is 0 Å². The fourth-order valence-electron chi connectivity index (χ4n) is 3.17. The molecule has 2 aromatic carbocycles. The Balaban J connectivity index is 1.54. The zero-order chi connectivity index (χ0) is 20.6. The summed E-state index contributed by atoms with van der Waals surface area (Å²) in [4.78, 5) is 19.1. The SMILES string of the molecule is CCN(CC)c1ccc(/C=N\NC(=O)CSc2nc3ccccc3n2CC)cc1. The molecular weight excluding hydrogens is 382 g/mol. The van der Waals surface area contributed by atoms with Crippen LogP contribution in [0.3, 0.4) is 0 Å². The van der Waals surface area contributed by atoms with Crippen LogP contribution in [0.2, 0.25) is 0 Å². The maximum Gasteiger partial charge on any atom is 0.250 e. The summed E-state index contributed by atoms with van der Waals surface area (Å²) < 4.78 is 2.12. The van der Waals surface area contributed by atoms with E-state index in [-0.39, 0.29) is 11.7 Å². The predicted molar refractivity (Wildman–Crippen MR) is 122 cm³/mol. The molecule has 0 radical (unpaired) electrons. The number of hydrazone groups is 1. The first-order valence-corrected chi connectivity index (χ1v) is 10.9. The molecule has 152 valence electrons. The first-order valence-electron chi connectivity index (χ1n) is 9.91. The fourth-order valence-corrected chi connectivity index (χ4v) is 4.04. The lowest BCUT2D eigenvalue weighted by molar-refractivity contribution is -0.118. The van der Waals surface area contributed by atoms with Crippen LogP contribution in [0.15, 0.2) is 58.8 Å². The zero-order valence-electron chi connectivity index (χ0n) is 17.1. The van der Waals surface area contributed by atoms with Crippen LogP contribution < -0.4 is 10.3 Å². The minimum absolute atomic E-state index is 0.152. The number of para-hydroxylation sites is 2. The van der Waals surface area contributed by atoms with Crippen LogP contribution in [-0.2, 0) is 11.3 Å². The third kappa shape index (κ3) is 5.17. The van der Waals surface area contributed by atoms with Gasteiger partial charge in [0.25, 0.3) is 5.91 Å². The van der Waals surface area contributed by atoms with Crippen LogP contribution in [0, 0.1) is 0 Å². The van der Waals surface area contributed by atoms with Crippen molar-refractivity contribution < 1.29 is 4.79 Å². The number of anilines is 1. The number of hydrogen-bond acceptors (Lipinski definition) is 5. The molecule has 0 aliphatic heterocycles. The van der Waals surface area contributed by atoms with E-state index in [2.05, 4.69) is 57.9 Å². The summed E-state index contributed by atoms with van der Waals surface area (Å²) in [5.41, 5.74) is 6.76. The number of rotatable bonds is 9. The van der Waals surface area contributed by atoms with Crippen LogP contribution in [0.5, 0.6) is 0 Å². The number of carbonyl (C=O) groups excluding carboxylic acids is 1. The van der Waals surface area contributed by atoms with Crippen molar-refractivity contribution in [3.05, 3.63) is 54.1 Å². The number of fused-ring (bicyclic) bond motifs is 1. The number of aryl methyl sites for hydroxylation is 1. The number of nitrogens with zero attached hydrogens (tertiary/aromatic N) is 4. The highest BCUT2D eigenvalue weighted by Crippen LogP contribution is 2.23. The highest BCUT2D eigenvalue weighted by atomic mass is 32.2. The van der Waals surface area contributed by atoms with E-state index >= 15 is 0 Å². The Hall–Kier alpha value is -2.80. The molecule has 0 saturated heterocycles. The molecule has 1 amide bonds. The van der Waals surface area contributed by atoms with Gasteiger partial charge in [-0.15, -0.1) is 0 Å². The van der Waals surface area contributed by atoms with Crippen molar-refractivity contribution in [1.29, 1.82) is 0 Å². The number of hydrogen-bond donors (Lipinski definition) is 1. The Kier molecular flexibility index (Phi) is 7.30. The maximum atomic E-state index is 12.2. The van der Waals surface area contributed by atoms with Gasteiger partial charge in [0.05, 0.1) is 23.0 Å². The van der Waals surface area contributed by atoms with Gasteiger partial charge in [-0.3, -0.25) is 4.79 Å². The molecule has 0 saturated carbocycles. The number of thioether (sulfide) groups is 1. The number of carbonyl (C=O) groups is 1.